The lowest BCUT2D eigenvalue weighted by Gasteiger charge is -2.12. The van der Waals surface area contributed by atoms with Gasteiger partial charge in [-0.3, -0.25) is 14.9 Å². The van der Waals surface area contributed by atoms with Crippen molar-refractivity contribution in [2.45, 2.75) is 19.6 Å². The van der Waals surface area contributed by atoms with Crippen LogP contribution in [-0.4, -0.2) is 55.1 Å². The number of nitrogens with zero attached hydrogens (tertiary/aromatic N) is 3. The number of hydrogen-bond donors (Lipinski definition) is 4. The standard InChI is InChI=1S/C27H23N5O6S/c1-15-28-13-22(38-15)23-9-10-24(39-23)25(35)31-27-30-18-11-17(29-12-20(33)16-5-3-2-4-6-16)7-8-19(18)32(27)14-21(34)26(36)37/h2-11,13,21,29,34H,12,14H2,1H3,(H,36,37)(H,30,31,35). The molecule has 1 atom stereocenters. The number of fused-ring (bicyclic) bond motifs is 1. The molecule has 0 bridgehead atoms. The molecule has 3 aromatic heterocycles. The zero-order valence-corrected chi connectivity index (χ0v) is 21.4. The van der Waals surface area contributed by atoms with Crippen molar-refractivity contribution < 1.29 is 29.0 Å². The van der Waals surface area contributed by atoms with Crippen LogP contribution < -0.4 is 10.6 Å². The van der Waals surface area contributed by atoms with Gasteiger partial charge in [0.15, 0.2) is 23.5 Å². The number of carbonyl (C=O) groups excluding carboxylic acids is 2. The summed E-state index contributed by atoms with van der Waals surface area (Å²) in [5.41, 5.74) is 2.12. The third kappa shape index (κ3) is 5.71. The molecule has 5 rings (SSSR count). The number of carbonyl (C=O) groups is 3. The van der Waals surface area contributed by atoms with Crippen molar-refractivity contribution in [2.75, 3.05) is 17.2 Å². The Hall–Kier alpha value is -4.81. The highest BCUT2D eigenvalue weighted by Gasteiger charge is 2.22. The molecule has 1 amide bonds. The number of thiophene rings is 1. The molecule has 12 heteroatoms. The number of amides is 1. The number of hydrogen-bond acceptors (Lipinski definition) is 9. The molecule has 0 fully saturated rings. The zero-order chi connectivity index (χ0) is 27.5. The van der Waals surface area contributed by atoms with Crippen molar-refractivity contribution in [3.63, 3.8) is 0 Å². The van der Waals surface area contributed by atoms with Crippen molar-refractivity contribution in [2.24, 2.45) is 0 Å². The van der Waals surface area contributed by atoms with E-state index >= 15 is 0 Å². The van der Waals surface area contributed by atoms with Crippen LogP contribution in [0.5, 0.6) is 0 Å². The van der Waals surface area contributed by atoms with Crippen molar-refractivity contribution >= 4 is 51.7 Å². The lowest BCUT2D eigenvalue weighted by atomic mass is 10.1. The predicted octanol–water partition coefficient (Wildman–Crippen LogP) is 4.05. The van der Waals surface area contributed by atoms with Gasteiger partial charge in [-0.15, -0.1) is 11.3 Å². The second-order valence-electron chi connectivity index (χ2n) is 8.61. The Labute approximate surface area is 225 Å². The number of rotatable bonds is 10. The normalized spacial score (nSPS) is 11.8. The highest BCUT2D eigenvalue weighted by Crippen LogP contribution is 2.30. The minimum absolute atomic E-state index is 0.0585. The number of imidazole rings is 1. The molecule has 0 saturated heterocycles. The maximum atomic E-state index is 13.1. The molecule has 39 heavy (non-hydrogen) atoms. The molecule has 3 heterocycles. The van der Waals surface area contributed by atoms with Crippen LogP contribution in [0.4, 0.5) is 11.6 Å². The number of Topliss-reactive ketones (excluding diaryl/α,β-unsaturated/α-hetero) is 1. The molecule has 0 aliphatic heterocycles. The topological polar surface area (TPSA) is 160 Å². The Bertz CT molecular complexity index is 1670. The first-order chi connectivity index (χ1) is 18.8. The van der Waals surface area contributed by atoms with Crippen LogP contribution in [0.25, 0.3) is 21.7 Å². The van der Waals surface area contributed by atoms with E-state index in [1.54, 1.807) is 67.7 Å². The molecule has 11 nitrogen and oxygen atoms in total. The minimum atomic E-state index is -1.72. The van der Waals surface area contributed by atoms with Gasteiger partial charge in [-0.05, 0) is 30.3 Å². The lowest BCUT2D eigenvalue weighted by molar-refractivity contribution is -0.147. The summed E-state index contributed by atoms with van der Waals surface area (Å²) in [6.45, 7) is 1.44. The number of nitrogens with one attached hydrogen (secondary N) is 2. The van der Waals surface area contributed by atoms with E-state index in [9.17, 15) is 24.6 Å². The van der Waals surface area contributed by atoms with Crippen molar-refractivity contribution in [1.29, 1.82) is 0 Å². The van der Waals surface area contributed by atoms with Gasteiger partial charge in [0.2, 0.25) is 5.95 Å². The van der Waals surface area contributed by atoms with Gasteiger partial charge in [0.05, 0.1) is 40.1 Å². The van der Waals surface area contributed by atoms with Crippen molar-refractivity contribution in [3.8, 4) is 10.6 Å². The van der Waals surface area contributed by atoms with Gasteiger partial charge in [-0.25, -0.2) is 14.8 Å². The summed E-state index contributed by atoms with van der Waals surface area (Å²) in [4.78, 5) is 46.5. The maximum Gasteiger partial charge on any atom is 0.334 e. The van der Waals surface area contributed by atoms with E-state index in [4.69, 9.17) is 4.42 Å². The fourth-order valence-corrected chi connectivity index (χ4v) is 4.76. The summed E-state index contributed by atoms with van der Waals surface area (Å²) >= 11 is 1.20. The molecule has 0 spiro atoms. The number of aromatic nitrogens is 3. The number of anilines is 2. The number of oxazole rings is 1. The van der Waals surface area contributed by atoms with E-state index in [0.29, 0.717) is 38.8 Å². The summed E-state index contributed by atoms with van der Waals surface area (Å²) in [7, 11) is 0. The fourth-order valence-electron chi connectivity index (χ4n) is 3.91. The van der Waals surface area contributed by atoms with Crippen LogP contribution in [0.15, 0.2) is 71.3 Å². The van der Waals surface area contributed by atoms with Crippen molar-refractivity contribution in [3.05, 3.63) is 83.2 Å². The van der Waals surface area contributed by atoms with E-state index in [1.165, 1.54) is 15.9 Å². The first-order valence-electron chi connectivity index (χ1n) is 11.9. The number of ketones is 1. The number of aliphatic hydroxyl groups is 1. The number of carboxylic acids is 1. The minimum Gasteiger partial charge on any atom is -0.479 e. The highest BCUT2D eigenvalue weighted by atomic mass is 32.1. The smallest absolute Gasteiger partial charge is 0.334 e. The molecule has 5 aromatic rings. The summed E-state index contributed by atoms with van der Waals surface area (Å²) in [6, 6.07) is 17.3. The molecular formula is C27H23N5O6S. The Morgan fingerprint density at radius 3 is 2.62 bits per heavy atom. The second kappa shape index (κ2) is 10.9. The molecule has 0 aliphatic rings. The van der Waals surface area contributed by atoms with E-state index < -0.39 is 18.0 Å². The Kier molecular flexibility index (Phi) is 7.21. The molecular weight excluding hydrogens is 522 g/mol. The monoisotopic (exact) mass is 545 g/mol. The van der Waals surface area contributed by atoms with Crippen LogP contribution in [0.1, 0.15) is 25.9 Å². The Morgan fingerprint density at radius 1 is 1.10 bits per heavy atom. The second-order valence-corrected chi connectivity index (χ2v) is 9.69. The van der Waals surface area contributed by atoms with E-state index in [-0.39, 0.29) is 24.8 Å². The van der Waals surface area contributed by atoms with E-state index in [1.807, 2.05) is 6.07 Å². The van der Waals surface area contributed by atoms with Gasteiger partial charge in [0, 0.05) is 18.2 Å². The summed E-state index contributed by atoms with van der Waals surface area (Å²) in [5, 5.41) is 25.1. The SMILES string of the molecule is Cc1ncc(-c2ccc(C(=O)Nc3nc4cc(NCC(=O)c5ccccc5)ccc4n3CC(O)C(=O)O)s2)o1. The van der Waals surface area contributed by atoms with Gasteiger partial charge in [-0.1, -0.05) is 30.3 Å². The summed E-state index contributed by atoms with van der Waals surface area (Å²) in [5.74, 6) is -0.840. The number of aryl methyl sites for hydroxylation is 1. The molecule has 0 radical (unpaired) electrons. The predicted molar refractivity (Wildman–Crippen MR) is 145 cm³/mol. The van der Waals surface area contributed by atoms with Gasteiger partial charge in [0.25, 0.3) is 5.91 Å². The average molecular weight is 546 g/mol. The zero-order valence-electron chi connectivity index (χ0n) is 20.6. The van der Waals surface area contributed by atoms with Gasteiger partial charge in [0.1, 0.15) is 0 Å². The molecule has 0 saturated carbocycles. The van der Waals surface area contributed by atoms with Gasteiger partial charge < -0.3 is 24.5 Å². The third-order valence-corrected chi connectivity index (χ3v) is 6.96. The van der Waals surface area contributed by atoms with Gasteiger partial charge >= 0.3 is 5.97 Å². The number of aliphatic carboxylic acids is 1. The maximum absolute atomic E-state index is 13.1. The van der Waals surface area contributed by atoms with Crippen molar-refractivity contribution in [1.82, 2.24) is 14.5 Å². The largest absolute Gasteiger partial charge is 0.479 e. The summed E-state index contributed by atoms with van der Waals surface area (Å²) < 4.78 is 6.95. The first kappa shape index (κ1) is 25.8. The molecule has 198 valence electrons. The fraction of sp³-hybridized carbons (Fsp3) is 0.148. The summed E-state index contributed by atoms with van der Waals surface area (Å²) in [6.07, 6.45) is -0.142. The molecule has 4 N–H and O–H groups in total. The highest BCUT2D eigenvalue weighted by molar-refractivity contribution is 7.17. The Balaban J connectivity index is 1.39. The van der Waals surface area contributed by atoms with Crippen LogP contribution in [0, 0.1) is 6.92 Å². The van der Waals surface area contributed by atoms with E-state index in [0.717, 1.165) is 4.88 Å². The van der Waals surface area contributed by atoms with Crippen LogP contribution in [-0.2, 0) is 11.3 Å². The number of carboxylic acid groups (broad SMARTS) is 1. The molecule has 0 aliphatic carbocycles. The number of benzene rings is 2. The number of aliphatic hydroxyl groups excluding tert-OH is 1. The first-order valence-corrected chi connectivity index (χ1v) is 12.7. The molecule has 2 aromatic carbocycles. The van der Waals surface area contributed by atoms with Crippen LogP contribution >= 0.6 is 11.3 Å². The molecule has 1 unspecified atom stereocenters. The van der Waals surface area contributed by atoms with Crippen LogP contribution in [0.2, 0.25) is 0 Å². The Morgan fingerprint density at radius 2 is 1.90 bits per heavy atom. The van der Waals surface area contributed by atoms with E-state index in [2.05, 4.69) is 20.6 Å². The third-order valence-electron chi connectivity index (χ3n) is 5.86. The lowest BCUT2D eigenvalue weighted by Crippen LogP contribution is -2.26. The van der Waals surface area contributed by atoms with Gasteiger partial charge in [-0.2, -0.15) is 0 Å². The average Bonchev–Trinajstić information content (AvgIpc) is 3.67. The van der Waals surface area contributed by atoms with Crippen LogP contribution in [0.3, 0.4) is 0 Å². The quantitative estimate of drug-likeness (QED) is 0.190.